The maximum Gasteiger partial charge on any atom is 0.234 e. The molecular weight excluding hydrogens is 320 g/mol. The van der Waals surface area contributed by atoms with E-state index in [-0.39, 0.29) is 23.3 Å². The van der Waals surface area contributed by atoms with Crippen LogP contribution in [0.4, 0.5) is 11.4 Å². The quantitative estimate of drug-likeness (QED) is 0.836. The molecule has 0 spiro atoms. The number of benzene rings is 2. The lowest BCUT2D eigenvalue weighted by atomic mass is 10.1. The Labute approximate surface area is 147 Å². The fraction of sp³-hybridized carbons (Fsp3) is 0.263. The van der Waals surface area contributed by atoms with Gasteiger partial charge in [-0.2, -0.15) is 0 Å². The third-order valence-corrected chi connectivity index (χ3v) is 4.49. The van der Waals surface area contributed by atoms with Crippen molar-refractivity contribution >= 4 is 35.0 Å². The zero-order valence-electron chi connectivity index (χ0n) is 14.2. The van der Waals surface area contributed by atoms with Crippen molar-refractivity contribution in [2.45, 2.75) is 20.8 Å². The van der Waals surface area contributed by atoms with Crippen molar-refractivity contribution < 1.29 is 9.59 Å². The Morgan fingerprint density at radius 3 is 2.04 bits per heavy atom. The molecular formula is C19H22N2O2S. The number of amides is 2. The summed E-state index contributed by atoms with van der Waals surface area (Å²) in [4.78, 5) is 23.8. The zero-order chi connectivity index (χ0) is 17.5. The molecule has 24 heavy (non-hydrogen) atoms. The summed E-state index contributed by atoms with van der Waals surface area (Å²) in [6.07, 6.45) is 0. The molecule has 0 fully saturated rings. The zero-order valence-corrected chi connectivity index (χ0v) is 15.0. The molecule has 0 radical (unpaired) electrons. The van der Waals surface area contributed by atoms with E-state index in [1.165, 1.54) is 17.3 Å². The number of rotatable bonds is 6. The van der Waals surface area contributed by atoms with E-state index in [9.17, 15) is 9.59 Å². The molecule has 0 aliphatic rings. The summed E-state index contributed by atoms with van der Waals surface area (Å²) in [5.41, 5.74) is 4.98. The van der Waals surface area contributed by atoms with E-state index in [0.717, 1.165) is 22.5 Å². The van der Waals surface area contributed by atoms with Crippen LogP contribution in [0.1, 0.15) is 16.7 Å². The molecule has 2 rings (SSSR count). The summed E-state index contributed by atoms with van der Waals surface area (Å²) in [6.45, 7) is 6.01. The second kappa shape index (κ2) is 8.55. The van der Waals surface area contributed by atoms with Gasteiger partial charge in [-0.3, -0.25) is 9.59 Å². The highest BCUT2D eigenvalue weighted by atomic mass is 32.2. The highest BCUT2D eigenvalue weighted by Crippen LogP contribution is 2.15. The second-order valence-electron chi connectivity index (χ2n) is 5.76. The molecule has 0 heterocycles. The van der Waals surface area contributed by atoms with Gasteiger partial charge < -0.3 is 10.6 Å². The van der Waals surface area contributed by atoms with Gasteiger partial charge in [0, 0.05) is 11.4 Å². The van der Waals surface area contributed by atoms with Crippen molar-refractivity contribution in [1.29, 1.82) is 0 Å². The molecule has 4 nitrogen and oxygen atoms in total. The van der Waals surface area contributed by atoms with Crippen molar-refractivity contribution in [2.24, 2.45) is 0 Å². The number of hydrogen-bond donors (Lipinski definition) is 2. The van der Waals surface area contributed by atoms with E-state index < -0.39 is 0 Å². The lowest BCUT2D eigenvalue weighted by Gasteiger charge is -2.08. The van der Waals surface area contributed by atoms with Gasteiger partial charge in [-0.15, -0.1) is 11.8 Å². The normalized spacial score (nSPS) is 10.3. The summed E-state index contributed by atoms with van der Waals surface area (Å²) in [7, 11) is 0. The van der Waals surface area contributed by atoms with E-state index in [1.54, 1.807) is 0 Å². The predicted octanol–water partition coefficient (Wildman–Crippen LogP) is 3.92. The third-order valence-electron chi connectivity index (χ3n) is 3.56. The van der Waals surface area contributed by atoms with Crippen molar-refractivity contribution in [3.63, 3.8) is 0 Å². The molecule has 0 atom stereocenters. The molecule has 2 amide bonds. The van der Waals surface area contributed by atoms with Gasteiger partial charge in [0.25, 0.3) is 0 Å². The topological polar surface area (TPSA) is 58.2 Å². The largest absolute Gasteiger partial charge is 0.325 e. The standard InChI is InChI=1S/C19H22N2O2S/c1-13-5-4-6-16(9-13)20-18(22)11-24-12-19(23)21-17-8-7-14(2)15(3)10-17/h4-10H,11-12H2,1-3H3,(H,20,22)(H,21,23). The Morgan fingerprint density at radius 2 is 1.46 bits per heavy atom. The molecule has 2 aromatic carbocycles. The maximum absolute atomic E-state index is 11.9. The van der Waals surface area contributed by atoms with Crippen molar-refractivity contribution in [2.75, 3.05) is 22.1 Å². The molecule has 2 aromatic rings. The molecule has 2 N–H and O–H groups in total. The van der Waals surface area contributed by atoms with Crippen LogP contribution in [-0.2, 0) is 9.59 Å². The first-order valence-corrected chi connectivity index (χ1v) is 8.91. The highest BCUT2D eigenvalue weighted by molar-refractivity contribution is 8.00. The van der Waals surface area contributed by atoms with Crippen LogP contribution in [0, 0.1) is 20.8 Å². The number of carbonyl (C=O) groups is 2. The molecule has 126 valence electrons. The second-order valence-corrected chi connectivity index (χ2v) is 6.74. The first-order valence-electron chi connectivity index (χ1n) is 7.75. The fourth-order valence-corrected chi connectivity index (χ4v) is 2.79. The molecule has 0 unspecified atom stereocenters. The average molecular weight is 342 g/mol. The van der Waals surface area contributed by atoms with Gasteiger partial charge >= 0.3 is 0 Å². The van der Waals surface area contributed by atoms with E-state index in [4.69, 9.17) is 0 Å². The van der Waals surface area contributed by atoms with Gasteiger partial charge in [-0.05, 0) is 61.7 Å². The molecule has 0 bridgehead atoms. The lowest BCUT2D eigenvalue weighted by Crippen LogP contribution is -2.18. The summed E-state index contributed by atoms with van der Waals surface area (Å²) in [5, 5.41) is 5.68. The number of nitrogens with one attached hydrogen (secondary N) is 2. The average Bonchev–Trinajstić information content (AvgIpc) is 2.51. The molecule has 0 aliphatic carbocycles. The van der Waals surface area contributed by atoms with Gasteiger partial charge in [0.15, 0.2) is 0 Å². The molecule has 0 saturated carbocycles. The van der Waals surface area contributed by atoms with Crippen LogP contribution in [0.25, 0.3) is 0 Å². The van der Waals surface area contributed by atoms with Crippen LogP contribution in [0.15, 0.2) is 42.5 Å². The lowest BCUT2D eigenvalue weighted by molar-refractivity contribution is -0.114. The van der Waals surface area contributed by atoms with E-state index in [1.807, 2.05) is 63.2 Å². The summed E-state index contributed by atoms with van der Waals surface area (Å²) >= 11 is 1.30. The van der Waals surface area contributed by atoms with Gasteiger partial charge in [-0.1, -0.05) is 18.2 Å². The monoisotopic (exact) mass is 342 g/mol. The van der Waals surface area contributed by atoms with E-state index in [2.05, 4.69) is 10.6 Å². The van der Waals surface area contributed by atoms with Crippen LogP contribution >= 0.6 is 11.8 Å². The van der Waals surface area contributed by atoms with Crippen LogP contribution in [0.2, 0.25) is 0 Å². The Balaban J connectivity index is 1.73. The highest BCUT2D eigenvalue weighted by Gasteiger charge is 2.07. The van der Waals surface area contributed by atoms with Gasteiger partial charge in [0.05, 0.1) is 11.5 Å². The van der Waals surface area contributed by atoms with E-state index >= 15 is 0 Å². The number of hydrogen-bond acceptors (Lipinski definition) is 3. The number of aryl methyl sites for hydroxylation is 3. The Hall–Kier alpha value is -2.27. The minimum absolute atomic E-state index is 0.105. The van der Waals surface area contributed by atoms with Crippen LogP contribution in [0.3, 0.4) is 0 Å². The number of thioether (sulfide) groups is 1. The minimum Gasteiger partial charge on any atom is -0.325 e. The molecule has 0 aromatic heterocycles. The molecule has 5 heteroatoms. The number of carbonyl (C=O) groups excluding carboxylic acids is 2. The molecule has 0 saturated heterocycles. The predicted molar refractivity (Wildman–Crippen MR) is 102 cm³/mol. The van der Waals surface area contributed by atoms with Crippen LogP contribution < -0.4 is 10.6 Å². The summed E-state index contributed by atoms with van der Waals surface area (Å²) < 4.78 is 0. The Bertz CT molecular complexity index is 744. The first kappa shape index (κ1) is 18.1. The van der Waals surface area contributed by atoms with Gasteiger partial charge in [0.1, 0.15) is 0 Å². The minimum atomic E-state index is -0.107. The van der Waals surface area contributed by atoms with Gasteiger partial charge in [0.2, 0.25) is 11.8 Å². The van der Waals surface area contributed by atoms with Crippen LogP contribution in [0.5, 0.6) is 0 Å². The van der Waals surface area contributed by atoms with Gasteiger partial charge in [-0.25, -0.2) is 0 Å². The van der Waals surface area contributed by atoms with Crippen LogP contribution in [-0.4, -0.2) is 23.3 Å². The fourth-order valence-electron chi connectivity index (χ4n) is 2.17. The Morgan fingerprint density at radius 1 is 0.833 bits per heavy atom. The van der Waals surface area contributed by atoms with Crippen molar-refractivity contribution in [3.8, 4) is 0 Å². The molecule has 0 aliphatic heterocycles. The smallest absolute Gasteiger partial charge is 0.234 e. The van der Waals surface area contributed by atoms with E-state index in [0.29, 0.717) is 0 Å². The SMILES string of the molecule is Cc1cccc(NC(=O)CSCC(=O)Nc2ccc(C)c(C)c2)c1. The maximum atomic E-state index is 11.9. The first-order chi connectivity index (χ1) is 11.4. The van der Waals surface area contributed by atoms with Crippen molar-refractivity contribution in [3.05, 3.63) is 59.2 Å². The third kappa shape index (κ3) is 5.74. The summed E-state index contributed by atoms with van der Waals surface area (Å²) in [5.74, 6) is 0.277. The summed E-state index contributed by atoms with van der Waals surface area (Å²) in [6, 6.07) is 13.4. The van der Waals surface area contributed by atoms with Crippen molar-refractivity contribution in [1.82, 2.24) is 0 Å². The number of anilines is 2. The Kier molecular flexibility index (Phi) is 6.44.